The summed E-state index contributed by atoms with van der Waals surface area (Å²) in [6, 6.07) is 13.6. The molecule has 0 unspecified atom stereocenters. The van der Waals surface area contributed by atoms with Gasteiger partial charge in [-0.05, 0) is 51.3 Å². The molecule has 2 aromatic heterocycles. The molecule has 194 valence electrons. The van der Waals surface area contributed by atoms with Gasteiger partial charge in [0.2, 0.25) is 0 Å². The Morgan fingerprint density at radius 1 is 0.919 bits per heavy atom. The van der Waals surface area contributed by atoms with Crippen LogP contribution in [0.15, 0.2) is 55.0 Å². The van der Waals surface area contributed by atoms with Gasteiger partial charge >= 0.3 is 0 Å². The number of rotatable bonds is 9. The second-order valence-corrected chi connectivity index (χ2v) is 9.92. The number of aryl methyl sites for hydroxylation is 1. The lowest BCUT2D eigenvalue weighted by Gasteiger charge is -2.30. The first-order valence-electron chi connectivity index (χ1n) is 13.0. The Morgan fingerprint density at radius 3 is 2.30 bits per heavy atom. The average molecular weight is 501 g/mol. The number of benzene rings is 2. The summed E-state index contributed by atoms with van der Waals surface area (Å²) in [4.78, 5) is 14.6. The van der Waals surface area contributed by atoms with Gasteiger partial charge in [-0.15, -0.1) is 0 Å². The average Bonchev–Trinajstić information content (AvgIpc) is 3.50. The van der Waals surface area contributed by atoms with E-state index in [-0.39, 0.29) is 0 Å². The molecule has 2 aromatic carbocycles. The van der Waals surface area contributed by atoms with Gasteiger partial charge < -0.3 is 14.4 Å². The molecule has 0 saturated carbocycles. The minimum atomic E-state index is 0.641. The van der Waals surface area contributed by atoms with Crippen LogP contribution in [0.1, 0.15) is 33.1 Å². The zero-order valence-corrected chi connectivity index (χ0v) is 22.4. The predicted octanol–water partition coefficient (Wildman–Crippen LogP) is 5.45. The summed E-state index contributed by atoms with van der Waals surface area (Å²) < 4.78 is 13.0. The number of fused-ring (bicyclic) bond motifs is 1. The second-order valence-electron chi connectivity index (χ2n) is 9.92. The lowest BCUT2D eigenvalue weighted by atomic mass is 10.1. The van der Waals surface area contributed by atoms with Crippen LogP contribution in [0.2, 0.25) is 0 Å². The van der Waals surface area contributed by atoms with Crippen LogP contribution in [0.25, 0.3) is 22.3 Å². The summed E-state index contributed by atoms with van der Waals surface area (Å²) in [5, 5.41) is 4.28. The van der Waals surface area contributed by atoms with Gasteiger partial charge in [0.15, 0.2) is 0 Å². The molecular formula is C29H36N6O2. The Bertz CT molecular complexity index is 1340. The molecule has 0 N–H and O–H groups in total. The molecule has 0 bridgehead atoms. The molecule has 4 aromatic rings. The zero-order chi connectivity index (χ0) is 25.9. The molecule has 5 rings (SSSR count). The first-order valence-corrected chi connectivity index (χ1v) is 13.0. The van der Waals surface area contributed by atoms with Crippen LogP contribution in [-0.4, -0.2) is 64.0 Å². The maximum absolute atomic E-state index is 5.59. The predicted molar refractivity (Wildman–Crippen MR) is 148 cm³/mol. The smallest absolute Gasteiger partial charge is 0.124 e. The van der Waals surface area contributed by atoms with E-state index in [2.05, 4.69) is 58.0 Å². The van der Waals surface area contributed by atoms with E-state index in [1.807, 2.05) is 37.8 Å². The van der Waals surface area contributed by atoms with Crippen molar-refractivity contribution in [2.75, 3.05) is 32.2 Å². The molecule has 0 spiro atoms. The highest BCUT2D eigenvalue weighted by Gasteiger charge is 2.26. The molecule has 8 nitrogen and oxygen atoms in total. The summed E-state index contributed by atoms with van der Waals surface area (Å²) in [5.41, 5.74) is 5.55. The maximum atomic E-state index is 5.59. The fraction of sp³-hybridized carbons (Fsp3) is 0.414. The van der Waals surface area contributed by atoms with Crippen molar-refractivity contribution < 1.29 is 9.47 Å². The Kier molecular flexibility index (Phi) is 7.28. The molecule has 1 fully saturated rings. The molecule has 1 aliphatic heterocycles. The van der Waals surface area contributed by atoms with Gasteiger partial charge in [0.1, 0.15) is 11.5 Å². The molecule has 37 heavy (non-hydrogen) atoms. The number of hydrogen-bond acceptors (Lipinski definition) is 7. The largest absolute Gasteiger partial charge is 0.497 e. The number of aromatic nitrogens is 4. The normalized spacial score (nSPS) is 17.9. The Morgan fingerprint density at radius 2 is 1.65 bits per heavy atom. The van der Waals surface area contributed by atoms with Gasteiger partial charge in [-0.1, -0.05) is 0 Å². The highest BCUT2D eigenvalue weighted by molar-refractivity contribution is 5.82. The van der Waals surface area contributed by atoms with E-state index in [1.54, 1.807) is 18.9 Å². The van der Waals surface area contributed by atoms with Crippen molar-refractivity contribution in [2.24, 2.45) is 7.05 Å². The third-order valence-electron chi connectivity index (χ3n) is 7.42. The van der Waals surface area contributed by atoms with E-state index < -0.39 is 0 Å². The molecule has 3 heterocycles. The minimum absolute atomic E-state index is 0.641. The topological polar surface area (TPSA) is 68.5 Å². The summed E-state index contributed by atoms with van der Waals surface area (Å²) in [6.07, 6.45) is 9.17. The fourth-order valence-electron chi connectivity index (χ4n) is 5.32. The number of hydrogen-bond donors (Lipinski definition) is 0. The third-order valence-corrected chi connectivity index (χ3v) is 7.42. The number of methoxy groups -OCH3 is 2. The SMILES string of the molecule is COc1cc(OC)cc(N(CCCN2[C@H](C)CC[C@@H]2C)c2ccc3ncc(-c4cnn(C)c4)nc3c2)c1. The van der Waals surface area contributed by atoms with E-state index in [0.717, 1.165) is 64.7 Å². The summed E-state index contributed by atoms with van der Waals surface area (Å²) in [6.45, 7) is 6.61. The zero-order valence-electron chi connectivity index (χ0n) is 22.4. The van der Waals surface area contributed by atoms with E-state index in [0.29, 0.717) is 12.1 Å². The van der Waals surface area contributed by atoms with Crippen molar-refractivity contribution in [3.05, 3.63) is 55.0 Å². The molecule has 0 amide bonds. The number of anilines is 2. The van der Waals surface area contributed by atoms with Crippen molar-refractivity contribution in [1.29, 1.82) is 0 Å². The highest BCUT2D eigenvalue weighted by atomic mass is 16.5. The van der Waals surface area contributed by atoms with Gasteiger partial charge in [0.05, 0.1) is 43.3 Å². The number of likely N-dealkylation sites (tertiary alicyclic amines) is 1. The van der Waals surface area contributed by atoms with Crippen molar-refractivity contribution >= 4 is 22.4 Å². The molecular weight excluding hydrogens is 464 g/mol. The standard InChI is InChI=1S/C29H36N6O2/c1-20-7-8-21(2)34(20)11-6-12-35(24-13-25(36-4)16-26(14-24)37-5)23-9-10-27-28(15-23)32-29(18-30-27)22-17-31-33(3)19-22/h9-10,13-21H,6-8,11-12H2,1-5H3/t20-,21+. The molecule has 8 heteroatoms. The van der Waals surface area contributed by atoms with E-state index in [9.17, 15) is 0 Å². The monoisotopic (exact) mass is 500 g/mol. The second kappa shape index (κ2) is 10.8. The minimum Gasteiger partial charge on any atom is -0.497 e. The van der Waals surface area contributed by atoms with Gasteiger partial charge in [-0.25, -0.2) is 4.98 Å². The van der Waals surface area contributed by atoms with Gasteiger partial charge in [0, 0.05) is 73.6 Å². The van der Waals surface area contributed by atoms with Gasteiger partial charge in [-0.2, -0.15) is 5.10 Å². The summed E-state index contributed by atoms with van der Waals surface area (Å²) in [7, 11) is 5.27. The fourth-order valence-corrected chi connectivity index (χ4v) is 5.32. The van der Waals surface area contributed by atoms with Crippen LogP contribution in [0, 0.1) is 0 Å². The van der Waals surface area contributed by atoms with Crippen molar-refractivity contribution in [1.82, 2.24) is 24.6 Å². The molecule has 1 saturated heterocycles. The quantitative estimate of drug-likeness (QED) is 0.303. The summed E-state index contributed by atoms with van der Waals surface area (Å²) >= 11 is 0. The lowest BCUT2D eigenvalue weighted by Crippen LogP contribution is -2.35. The van der Waals surface area contributed by atoms with E-state index >= 15 is 0 Å². The first-order chi connectivity index (χ1) is 17.9. The van der Waals surface area contributed by atoms with Crippen LogP contribution in [0.3, 0.4) is 0 Å². The molecule has 2 atom stereocenters. The van der Waals surface area contributed by atoms with Crippen LogP contribution >= 0.6 is 0 Å². The van der Waals surface area contributed by atoms with Gasteiger partial charge in [0.25, 0.3) is 0 Å². The number of nitrogens with zero attached hydrogens (tertiary/aromatic N) is 6. The van der Waals surface area contributed by atoms with Crippen LogP contribution in [-0.2, 0) is 7.05 Å². The molecule has 0 aliphatic carbocycles. The lowest BCUT2D eigenvalue weighted by molar-refractivity contribution is 0.213. The molecule has 1 aliphatic rings. The van der Waals surface area contributed by atoms with Crippen molar-refractivity contribution in [3.63, 3.8) is 0 Å². The Hall–Kier alpha value is -3.65. The first kappa shape index (κ1) is 25.0. The third kappa shape index (κ3) is 5.39. The Balaban J connectivity index is 1.49. The van der Waals surface area contributed by atoms with Crippen molar-refractivity contribution in [2.45, 2.75) is 45.2 Å². The van der Waals surface area contributed by atoms with Crippen LogP contribution in [0.5, 0.6) is 11.5 Å². The highest BCUT2D eigenvalue weighted by Crippen LogP contribution is 2.34. The van der Waals surface area contributed by atoms with E-state index in [4.69, 9.17) is 14.5 Å². The summed E-state index contributed by atoms with van der Waals surface area (Å²) in [5.74, 6) is 1.53. The van der Waals surface area contributed by atoms with Crippen LogP contribution < -0.4 is 14.4 Å². The van der Waals surface area contributed by atoms with Crippen molar-refractivity contribution in [3.8, 4) is 22.8 Å². The number of ether oxygens (including phenoxy) is 2. The van der Waals surface area contributed by atoms with Crippen LogP contribution in [0.4, 0.5) is 11.4 Å². The molecule has 0 radical (unpaired) electrons. The Labute approximate surface area is 218 Å². The maximum Gasteiger partial charge on any atom is 0.124 e. The van der Waals surface area contributed by atoms with E-state index in [1.165, 1.54) is 12.8 Å². The van der Waals surface area contributed by atoms with Gasteiger partial charge in [-0.3, -0.25) is 14.6 Å².